The molecule has 4 aromatic rings. The second-order valence-corrected chi connectivity index (χ2v) is 11.0. The number of ether oxygens (including phenoxy) is 2. The van der Waals surface area contributed by atoms with Crippen LogP contribution < -0.4 is 24.5 Å². The van der Waals surface area contributed by atoms with Crippen molar-refractivity contribution < 1.29 is 27.5 Å². The van der Waals surface area contributed by atoms with Gasteiger partial charge in [0.15, 0.2) is 6.61 Å². The lowest BCUT2D eigenvalue weighted by molar-refractivity contribution is -0.119. The molecule has 0 spiro atoms. The molecule has 0 aromatic heterocycles. The predicted molar refractivity (Wildman–Crippen MR) is 162 cm³/mol. The minimum absolute atomic E-state index is 0.0109. The molecule has 0 saturated carbocycles. The lowest BCUT2D eigenvalue weighted by Crippen LogP contribution is -2.39. The van der Waals surface area contributed by atoms with E-state index in [1.807, 2.05) is 18.2 Å². The van der Waals surface area contributed by atoms with E-state index in [9.17, 15) is 18.0 Å². The first-order valence-corrected chi connectivity index (χ1v) is 14.4. The Morgan fingerprint density at radius 1 is 0.905 bits per heavy atom. The van der Waals surface area contributed by atoms with Gasteiger partial charge >= 0.3 is 0 Å². The molecule has 0 aliphatic heterocycles. The van der Waals surface area contributed by atoms with Crippen LogP contribution in [0.2, 0.25) is 5.02 Å². The third-order valence-corrected chi connectivity index (χ3v) is 7.75. The van der Waals surface area contributed by atoms with Crippen molar-refractivity contribution in [1.29, 1.82) is 0 Å². The molecule has 0 radical (unpaired) electrons. The van der Waals surface area contributed by atoms with Crippen molar-refractivity contribution in [2.45, 2.75) is 4.90 Å². The number of hydrogen-bond donors (Lipinski definition) is 2. The van der Waals surface area contributed by atoms with Crippen LogP contribution in [0.1, 0.15) is 5.56 Å². The maximum absolute atomic E-state index is 13.5. The minimum Gasteiger partial charge on any atom is -0.495 e. The molecule has 4 rings (SSSR count). The summed E-state index contributed by atoms with van der Waals surface area (Å²) < 4.78 is 38.8. The Balaban J connectivity index is 1.39. The molecule has 2 N–H and O–H groups in total. The van der Waals surface area contributed by atoms with Gasteiger partial charge in [0, 0.05) is 10.7 Å². The number of methoxy groups -OCH3 is 1. The van der Waals surface area contributed by atoms with Crippen molar-refractivity contribution in [3.05, 3.63) is 114 Å². The van der Waals surface area contributed by atoms with Gasteiger partial charge in [-0.2, -0.15) is 5.10 Å². The molecule has 0 aliphatic carbocycles. The summed E-state index contributed by atoms with van der Waals surface area (Å²) in [5, 5.41) is 6.94. The molecule has 0 aliphatic rings. The maximum atomic E-state index is 13.5. The number of carbonyl (C=O) groups excluding carboxylic acids is 2. The molecule has 12 heteroatoms. The number of rotatable bonds is 12. The van der Waals surface area contributed by atoms with Crippen molar-refractivity contribution in [2.24, 2.45) is 5.10 Å². The van der Waals surface area contributed by atoms with E-state index in [2.05, 4.69) is 15.8 Å². The number of anilines is 2. The molecular formula is C30H27ClN4O6S. The number of halogens is 1. The second kappa shape index (κ2) is 14.2. The van der Waals surface area contributed by atoms with Crippen molar-refractivity contribution in [3.63, 3.8) is 0 Å². The molecule has 216 valence electrons. The van der Waals surface area contributed by atoms with Gasteiger partial charge in [0.2, 0.25) is 0 Å². The molecular weight excluding hydrogens is 580 g/mol. The predicted octanol–water partition coefficient (Wildman–Crippen LogP) is 4.71. The first kappa shape index (κ1) is 30.1. The third-order valence-electron chi connectivity index (χ3n) is 5.74. The summed E-state index contributed by atoms with van der Waals surface area (Å²) in [5.41, 5.74) is 3.75. The number of para-hydroxylation sites is 1. The molecule has 0 fully saturated rings. The highest BCUT2D eigenvalue weighted by Gasteiger charge is 2.29. The third kappa shape index (κ3) is 8.09. The van der Waals surface area contributed by atoms with Crippen LogP contribution in [0.15, 0.2) is 113 Å². The monoisotopic (exact) mass is 606 g/mol. The Bertz CT molecular complexity index is 1650. The zero-order valence-corrected chi connectivity index (χ0v) is 24.0. The van der Waals surface area contributed by atoms with Gasteiger partial charge in [-0.1, -0.05) is 48.0 Å². The normalized spacial score (nSPS) is 11.1. The molecule has 0 atom stereocenters. The molecule has 0 saturated heterocycles. The highest BCUT2D eigenvalue weighted by atomic mass is 35.5. The Morgan fingerprint density at radius 2 is 1.57 bits per heavy atom. The smallest absolute Gasteiger partial charge is 0.264 e. The number of sulfonamides is 1. The molecule has 0 heterocycles. The van der Waals surface area contributed by atoms with Crippen LogP contribution in [0.3, 0.4) is 0 Å². The topological polar surface area (TPSA) is 126 Å². The fraction of sp³-hybridized carbons (Fsp3) is 0.100. The van der Waals surface area contributed by atoms with E-state index >= 15 is 0 Å². The number of hydrogen-bond acceptors (Lipinski definition) is 7. The first-order chi connectivity index (χ1) is 20.3. The van der Waals surface area contributed by atoms with E-state index in [1.54, 1.807) is 60.7 Å². The molecule has 42 heavy (non-hydrogen) atoms. The van der Waals surface area contributed by atoms with Gasteiger partial charge in [-0.15, -0.1) is 0 Å². The Kier molecular flexibility index (Phi) is 10.1. The molecule has 0 bridgehead atoms. The van der Waals surface area contributed by atoms with Crippen LogP contribution in [0, 0.1) is 0 Å². The van der Waals surface area contributed by atoms with Gasteiger partial charge in [0.25, 0.3) is 21.8 Å². The van der Waals surface area contributed by atoms with Crippen molar-refractivity contribution in [1.82, 2.24) is 5.43 Å². The molecule has 0 unspecified atom stereocenters. The standard InChI is InChI=1S/C30H27ClN4O6S/c1-40-28-17-14-23(31)18-27(28)35(42(38,39)26-10-6-3-7-11-26)20-29(36)34-32-19-22-12-15-25(16-13-22)41-21-30(37)33-24-8-4-2-5-9-24/h2-19H,20-21H2,1H3,(H,33,37)(H,34,36)/b32-19-. The van der Waals surface area contributed by atoms with E-state index in [0.29, 0.717) is 17.0 Å². The maximum Gasteiger partial charge on any atom is 0.264 e. The van der Waals surface area contributed by atoms with Crippen LogP contribution in [0.25, 0.3) is 0 Å². The fourth-order valence-corrected chi connectivity index (χ4v) is 5.35. The van der Waals surface area contributed by atoms with E-state index in [-0.39, 0.29) is 33.9 Å². The molecule has 4 aromatic carbocycles. The quantitative estimate of drug-likeness (QED) is 0.178. The number of benzene rings is 4. The van der Waals surface area contributed by atoms with E-state index in [0.717, 1.165) is 4.31 Å². The van der Waals surface area contributed by atoms with E-state index in [4.69, 9.17) is 21.1 Å². The summed E-state index contributed by atoms with van der Waals surface area (Å²) in [4.78, 5) is 24.9. The zero-order chi connectivity index (χ0) is 30.0. The summed E-state index contributed by atoms with van der Waals surface area (Å²) in [6.45, 7) is -0.763. The second-order valence-electron chi connectivity index (χ2n) is 8.71. The average Bonchev–Trinajstić information content (AvgIpc) is 3.00. The summed E-state index contributed by atoms with van der Waals surface area (Å²) in [6, 6.07) is 27.9. The van der Waals surface area contributed by atoms with Crippen LogP contribution in [0.4, 0.5) is 11.4 Å². The lowest BCUT2D eigenvalue weighted by atomic mass is 10.2. The summed E-state index contributed by atoms with van der Waals surface area (Å²) in [6.07, 6.45) is 1.39. The van der Waals surface area contributed by atoms with Crippen molar-refractivity contribution in [3.8, 4) is 11.5 Å². The first-order valence-electron chi connectivity index (χ1n) is 12.6. The van der Waals surface area contributed by atoms with Crippen molar-refractivity contribution in [2.75, 3.05) is 29.9 Å². The van der Waals surface area contributed by atoms with Gasteiger partial charge < -0.3 is 14.8 Å². The highest BCUT2D eigenvalue weighted by Crippen LogP contribution is 2.34. The summed E-state index contributed by atoms with van der Waals surface area (Å²) >= 11 is 6.15. The van der Waals surface area contributed by atoms with Gasteiger partial charge in [0.05, 0.1) is 23.9 Å². The van der Waals surface area contributed by atoms with Crippen LogP contribution in [0.5, 0.6) is 11.5 Å². The van der Waals surface area contributed by atoms with Gasteiger partial charge in [-0.3, -0.25) is 13.9 Å². The SMILES string of the molecule is COc1ccc(Cl)cc1N(CC(=O)N/N=C\c1ccc(OCC(=O)Nc2ccccc2)cc1)S(=O)(=O)c1ccccc1. The number of nitrogens with one attached hydrogen (secondary N) is 2. The minimum atomic E-state index is -4.17. The summed E-state index contributed by atoms with van der Waals surface area (Å²) in [5.74, 6) is -0.308. The fourth-order valence-electron chi connectivity index (χ4n) is 3.74. The average molecular weight is 607 g/mol. The van der Waals surface area contributed by atoms with Gasteiger partial charge in [0.1, 0.15) is 18.0 Å². The Morgan fingerprint density at radius 3 is 2.24 bits per heavy atom. The number of amides is 2. The molecule has 2 amide bonds. The van der Waals surface area contributed by atoms with Gasteiger partial charge in [-0.05, 0) is 72.3 Å². The zero-order valence-electron chi connectivity index (χ0n) is 22.4. The largest absolute Gasteiger partial charge is 0.495 e. The van der Waals surface area contributed by atoms with Crippen LogP contribution in [-0.4, -0.2) is 46.7 Å². The lowest BCUT2D eigenvalue weighted by Gasteiger charge is -2.25. The summed E-state index contributed by atoms with van der Waals surface area (Å²) in [7, 11) is -2.78. The van der Waals surface area contributed by atoms with Crippen LogP contribution in [-0.2, 0) is 19.6 Å². The Hall–Kier alpha value is -4.87. The van der Waals surface area contributed by atoms with Crippen molar-refractivity contribution >= 4 is 51.0 Å². The van der Waals surface area contributed by atoms with E-state index < -0.39 is 22.5 Å². The van der Waals surface area contributed by atoms with Gasteiger partial charge in [-0.25, -0.2) is 13.8 Å². The number of nitrogens with zero attached hydrogens (tertiary/aromatic N) is 2. The molecule has 10 nitrogen and oxygen atoms in total. The van der Waals surface area contributed by atoms with E-state index in [1.165, 1.54) is 37.6 Å². The van der Waals surface area contributed by atoms with Crippen LogP contribution >= 0.6 is 11.6 Å². The highest BCUT2D eigenvalue weighted by molar-refractivity contribution is 7.92. The number of carbonyl (C=O) groups is 2. The Labute approximate surface area is 248 Å². The number of hydrazone groups is 1.